The first-order valence-electron chi connectivity index (χ1n) is 5.03. The first-order valence-corrected chi connectivity index (χ1v) is 5.94. The Hall–Kier alpha value is -1.03. The Morgan fingerprint density at radius 3 is 2.25 bits per heavy atom. The minimum atomic E-state index is -0.425. The van der Waals surface area contributed by atoms with Crippen molar-refractivity contribution in [3.8, 4) is 5.75 Å². The summed E-state index contributed by atoms with van der Waals surface area (Å²) in [6.45, 7) is 3.94. The van der Waals surface area contributed by atoms with Crippen LogP contribution in [-0.4, -0.2) is 19.2 Å². The summed E-state index contributed by atoms with van der Waals surface area (Å²) in [5.41, 5.74) is 0.850. The maximum atomic E-state index is 11.3. The predicted molar refractivity (Wildman–Crippen MR) is 65.9 cm³/mol. The van der Waals surface area contributed by atoms with Crippen LogP contribution < -0.4 is 4.74 Å². The van der Waals surface area contributed by atoms with Gasteiger partial charge in [-0.3, -0.25) is 4.79 Å². The smallest absolute Gasteiger partial charge is 0.323 e. The molecule has 16 heavy (non-hydrogen) atoms. The largest absolute Gasteiger partial charge is 0.491 e. The summed E-state index contributed by atoms with van der Waals surface area (Å²) in [5, 5.41) is 0. The van der Waals surface area contributed by atoms with E-state index in [0.29, 0.717) is 0 Å². The Balaban J connectivity index is 2.74. The normalized spacial score (nSPS) is 12.3. The second-order valence-corrected chi connectivity index (χ2v) is 4.54. The molecule has 0 spiro atoms. The quantitative estimate of drug-likeness (QED) is 0.630. The first-order chi connectivity index (χ1) is 7.54. The zero-order chi connectivity index (χ0) is 12.1. The van der Waals surface area contributed by atoms with Crippen LogP contribution in [0.1, 0.15) is 24.2 Å². The van der Waals surface area contributed by atoms with E-state index < -0.39 is 4.83 Å². The molecule has 1 aromatic carbocycles. The van der Waals surface area contributed by atoms with Crippen LogP contribution in [0.5, 0.6) is 5.75 Å². The van der Waals surface area contributed by atoms with Crippen LogP contribution in [0, 0.1) is 0 Å². The van der Waals surface area contributed by atoms with Crippen molar-refractivity contribution in [2.24, 2.45) is 0 Å². The minimum absolute atomic E-state index is 0.145. The summed E-state index contributed by atoms with van der Waals surface area (Å²) in [5.74, 6) is 0.487. The van der Waals surface area contributed by atoms with Crippen molar-refractivity contribution in [3.05, 3.63) is 29.8 Å². The molecule has 0 aliphatic rings. The summed E-state index contributed by atoms with van der Waals surface area (Å²) in [4.78, 5) is 10.8. The Labute approximate surface area is 104 Å². The zero-order valence-electron chi connectivity index (χ0n) is 9.57. The number of ether oxygens (including phenoxy) is 2. The van der Waals surface area contributed by atoms with Crippen molar-refractivity contribution in [1.82, 2.24) is 0 Å². The van der Waals surface area contributed by atoms with Gasteiger partial charge in [-0.2, -0.15) is 0 Å². The number of alkyl halides is 1. The Morgan fingerprint density at radius 2 is 1.81 bits per heavy atom. The lowest BCUT2D eigenvalue weighted by molar-refractivity contribution is -0.139. The molecule has 0 saturated carbocycles. The third kappa shape index (κ3) is 3.52. The monoisotopic (exact) mass is 286 g/mol. The van der Waals surface area contributed by atoms with Crippen molar-refractivity contribution < 1.29 is 14.3 Å². The molecule has 0 bridgehead atoms. The van der Waals surface area contributed by atoms with Crippen LogP contribution in [0.25, 0.3) is 0 Å². The maximum absolute atomic E-state index is 11.3. The molecule has 0 aliphatic heterocycles. The lowest BCUT2D eigenvalue weighted by Gasteiger charge is -2.11. The van der Waals surface area contributed by atoms with Crippen molar-refractivity contribution in [3.63, 3.8) is 0 Å². The van der Waals surface area contributed by atoms with Gasteiger partial charge in [0.1, 0.15) is 10.6 Å². The lowest BCUT2D eigenvalue weighted by atomic mass is 10.1. The van der Waals surface area contributed by atoms with Gasteiger partial charge >= 0.3 is 5.97 Å². The molecule has 0 N–H and O–H groups in total. The lowest BCUT2D eigenvalue weighted by Crippen LogP contribution is -2.08. The van der Waals surface area contributed by atoms with Crippen LogP contribution in [0.4, 0.5) is 0 Å². The van der Waals surface area contributed by atoms with Crippen molar-refractivity contribution in [1.29, 1.82) is 0 Å². The number of methoxy groups -OCH3 is 1. The maximum Gasteiger partial charge on any atom is 0.323 e. The van der Waals surface area contributed by atoms with E-state index in [1.54, 1.807) is 0 Å². The standard InChI is InChI=1S/C12H15BrO3/c1-8(2)16-10-6-4-9(5-7-10)11(13)12(14)15-3/h4-8,11H,1-3H3/t11-/m1/s1. The van der Waals surface area contributed by atoms with Gasteiger partial charge in [-0.15, -0.1) is 0 Å². The molecule has 1 aromatic rings. The number of rotatable bonds is 4. The topological polar surface area (TPSA) is 35.5 Å². The average molecular weight is 287 g/mol. The number of carbonyl (C=O) groups excluding carboxylic acids is 1. The van der Waals surface area contributed by atoms with Crippen molar-refractivity contribution >= 4 is 21.9 Å². The van der Waals surface area contributed by atoms with Crippen LogP contribution in [0.2, 0.25) is 0 Å². The molecule has 0 saturated heterocycles. The fourth-order valence-corrected chi connectivity index (χ4v) is 1.72. The predicted octanol–water partition coefficient (Wildman–Crippen LogP) is 3.08. The van der Waals surface area contributed by atoms with E-state index in [9.17, 15) is 4.79 Å². The van der Waals surface area contributed by atoms with Crippen molar-refractivity contribution in [2.75, 3.05) is 7.11 Å². The van der Waals surface area contributed by atoms with Crippen LogP contribution >= 0.6 is 15.9 Å². The molecule has 0 aromatic heterocycles. The number of halogens is 1. The highest BCUT2D eigenvalue weighted by molar-refractivity contribution is 9.09. The van der Waals surface area contributed by atoms with E-state index >= 15 is 0 Å². The van der Waals surface area contributed by atoms with Crippen LogP contribution in [-0.2, 0) is 9.53 Å². The molecular weight excluding hydrogens is 272 g/mol. The van der Waals surface area contributed by atoms with Gasteiger partial charge in [0.25, 0.3) is 0 Å². The van der Waals surface area contributed by atoms with E-state index in [0.717, 1.165) is 11.3 Å². The van der Waals surface area contributed by atoms with Crippen molar-refractivity contribution in [2.45, 2.75) is 24.8 Å². The molecule has 0 aliphatic carbocycles. The van der Waals surface area contributed by atoms with E-state index in [4.69, 9.17) is 4.74 Å². The highest BCUT2D eigenvalue weighted by Gasteiger charge is 2.17. The summed E-state index contributed by atoms with van der Waals surface area (Å²) < 4.78 is 10.1. The van der Waals surface area contributed by atoms with E-state index in [1.165, 1.54) is 7.11 Å². The fourth-order valence-electron chi connectivity index (χ4n) is 1.23. The molecule has 0 radical (unpaired) electrons. The molecule has 1 atom stereocenters. The number of hydrogen-bond donors (Lipinski definition) is 0. The first kappa shape index (κ1) is 13.0. The molecule has 4 heteroatoms. The number of esters is 1. The van der Waals surface area contributed by atoms with E-state index in [2.05, 4.69) is 20.7 Å². The van der Waals surface area contributed by atoms with Gasteiger partial charge < -0.3 is 9.47 Å². The third-order valence-electron chi connectivity index (χ3n) is 1.95. The van der Waals surface area contributed by atoms with Gasteiger partial charge in [0.2, 0.25) is 0 Å². The molecule has 3 nitrogen and oxygen atoms in total. The van der Waals surface area contributed by atoms with Gasteiger partial charge in [0.05, 0.1) is 13.2 Å². The van der Waals surface area contributed by atoms with Gasteiger partial charge in [-0.1, -0.05) is 28.1 Å². The highest BCUT2D eigenvalue weighted by atomic mass is 79.9. The molecule has 88 valence electrons. The molecule has 1 rings (SSSR count). The average Bonchev–Trinajstić information content (AvgIpc) is 2.27. The third-order valence-corrected chi connectivity index (χ3v) is 2.86. The van der Waals surface area contributed by atoms with Crippen LogP contribution in [0.3, 0.4) is 0 Å². The van der Waals surface area contributed by atoms with E-state index in [-0.39, 0.29) is 12.1 Å². The Kier molecular flexibility index (Phi) is 4.80. The van der Waals surface area contributed by atoms with Gasteiger partial charge in [-0.25, -0.2) is 0 Å². The van der Waals surface area contributed by atoms with Crippen LogP contribution in [0.15, 0.2) is 24.3 Å². The molecule has 0 heterocycles. The Morgan fingerprint density at radius 1 is 1.25 bits per heavy atom. The summed E-state index contributed by atoms with van der Waals surface area (Å²) in [6.07, 6.45) is 0.145. The van der Waals surface area contributed by atoms with Gasteiger partial charge in [0, 0.05) is 0 Å². The summed E-state index contributed by atoms with van der Waals surface area (Å²) in [7, 11) is 1.37. The number of carbonyl (C=O) groups is 1. The summed E-state index contributed by atoms with van der Waals surface area (Å²) >= 11 is 3.27. The second kappa shape index (κ2) is 5.89. The molecular formula is C12H15BrO3. The zero-order valence-corrected chi connectivity index (χ0v) is 11.2. The van der Waals surface area contributed by atoms with Gasteiger partial charge in [-0.05, 0) is 31.5 Å². The minimum Gasteiger partial charge on any atom is -0.491 e. The number of hydrogen-bond acceptors (Lipinski definition) is 3. The molecule has 0 fully saturated rings. The summed E-state index contributed by atoms with van der Waals surface area (Å²) in [6, 6.07) is 7.36. The molecule has 0 amide bonds. The van der Waals surface area contributed by atoms with E-state index in [1.807, 2.05) is 38.1 Å². The second-order valence-electron chi connectivity index (χ2n) is 3.62. The SMILES string of the molecule is COC(=O)[C@H](Br)c1ccc(OC(C)C)cc1. The van der Waals surface area contributed by atoms with Gasteiger partial charge in [0.15, 0.2) is 0 Å². The highest BCUT2D eigenvalue weighted by Crippen LogP contribution is 2.26. The number of benzene rings is 1. The Bertz CT molecular complexity index is 346. The molecule has 0 unspecified atom stereocenters. The fraction of sp³-hybridized carbons (Fsp3) is 0.417.